The minimum absolute atomic E-state index is 0.639. The van der Waals surface area contributed by atoms with E-state index < -0.39 is 0 Å². The molecule has 1 saturated carbocycles. The van der Waals surface area contributed by atoms with Crippen molar-refractivity contribution in [3.63, 3.8) is 0 Å². The molecule has 3 heteroatoms. The molecule has 0 aliphatic heterocycles. The molecule has 2 unspecified atom stereocenters. The largest absolute Gasteiger partial charge is 0.351 e. The van der Waals surface area contributed by atoms with Gasteiger partial charge in [-0.2, -0.15) is 0 Å². The number of benzene rings is 1. The Hall–Kier alpha value is -2.13. The topological polar surface area (TPSA) is 28.2 Å². The summed E-state index contributed by atoms with van der Waals surface area (Å²) in [5.74, 6) is 1.80. The number of rotatable bonds is 9. The van der Waals surface area contributed by atoms with Crippen LogP contribution in [0.3, 0.4) is 0 Å². The van der Waals surface area contributed by atoms with Crippen LogP contribution in [0.2, 0.25) is 0 Å². The average Bonchev–Trinajstić information content (AvgIpc) is 3.10. The molecule has 0 amide bonds. The summed E-state index contributed by atoms with van der Waals surface area (Å²) in [7, 11) is 0. The van der Waals surface area contributed by atoms with Gasteiger partial charge in [0, 0.05) is 31.9 Å². The maximum absolute atomic E-state index is 4.55. The van der Waals surface area contributed by atoms with Crippen LogP contribution in [-0.4, -0.2) is 24.1 Å². The summed E-state index contributed by atoms with van der Waals surface area (Å²) in [5, 5.41) is 3.79. The summed E-state index contributed by atoms with van der Waals surface area (Å²) < 4.78 is 0. The van der Waals surface area contributed by atoms with E-state index in [4.69, 9.17) is 0 Å². The van der Waals surface area contributed by atoms with Crippen molar-refractivity contribution in [3.05, 3.63) is 72.9 Å². The monoisotopic (exact) mass is 335 g/mol. The van der Waals surface area contributed by atoms with Gasteiger partial charge in [-0.25, -0.2) is 4.98 Å². The molecule has 1 fully saturated rings. The van der Waals surface area contributed by atoms with Crippen LogP contribution in [0.5, 0.6) is 0 Å². The highest BCUT2D eigenvalue weighted by Gasteiger charge is 2.25. The summed E-state index contributed by atoms with van der Waals surface area (Å²) in [6.07, 6.45) is 9.03. The van der Waals surface area contributed by atoms with Crippen molar-refractivity contribution < 1.29 is 0 Å². The molecular formula is C22H29N3. The van der Waals surface area contributed by atoms with Crippen LogP contribution < -0.4 is 10.2 Å². The minimum Gasteiger partial charge on any atom is -0.351 e. The third-order valence-electron chi connectivity index (χ3n) is 5.11. The first kappa shape index (κ1) is 17.7. The minimum atomic E-state index is 0.639. The molecule has 0 spiro atoms. The maximum Gasteiger partial charge on any atom is 0.128 e. The van der Waals surface area contributed by atoms with Gasteiger partial charge < -0.3 is 10.2 Å². The molecule has 0 bridgehead atoms. The zero-order valence-electron chi connectivity index (χ0n) is 15.0. The molecule has 0 saturated heterocycles. The molecule has 1 N–H and O–H groups in total. The van der Waals surface area contributed by atoms with E-state index in [9.17, 15) is 0 Å². The van der Waals surface area contributed by atoms with Gasteiger partial charge in [0.15, 0.2) is 0 Å². The first-order valence-electron chi connectivity index (χ1n) is 9.41. The molecule has 1 aromatic heterocycles. The quantitative estimate of drug-likeness (QED) is 0.688. The average molecular weight is 335 g/mol. The van der Waals surface area contributed by atoms with Gasteiger partial charge in [0.25, 0.3) is 0 Å². The molecular weight excluding hydrogens is 306 g/mol. The Balaban J connectivity index is 1.59. The fraction of sp³-hybridized carbons (Fsp3) is 0.409. The molecule has 25 heavy (non-hydrogen) atoms. The molecule has 1 aliphatic rings. The summed E-state index contributed by atoms with van der Waals surface area (Å²) >= 11 is 0. The maximum atomic E-state index is 4.55. The number of anilines is 1. The number of pyridine rings is 1. The van der Waals surface area contributed by atoms with E-state index in [2.05, 4.69) is 70.3 Å². The second kappa shape index (κ2) is 9.38. The smallest absolute Gasteiger partial charge is 0.128 e. The van der Waals surface area contributed by atoms with Gasteiger partial charge in [0.05, 0.1) is 0 Å². The fourth-order valence-electron chi connectivity index (χ4n) is 3.81. The number of nitrogens with one attached hydrogen (secondary N) is 1. The number of hydrogen-bond donors (Lipinski definition) is 1. The highest BCUT2D eigenvalue weighted by Crippen LogP contribution is 2.28. The predicted octanol–water partition coefficient (Wildman–Crippen LogP) is 4.42. The normalized spacial score (nSPS) is 19.7. The zero-order chi connectivity index (χ0) is 17.3. The Morgan fingerprint density at radius 2 is 1.96 bits per heavy atom. The van der Waals surface area contributed by atoms with Crippen LogP contribution >= 0.6 is 0 Å². The van der Waals surface area contributed by atoms with Crippen LogP contribution in [-0.2, 0) is 6.54 Å². The van der Waals surface area contributed by atoms with Crippen molar-refractivity contribution in [1.29, 1.82) is 0 Å². The van der Waals surface area contributed by atoms with E-state index in [0.29, 0.717) is 6.04 Å². The van der Waals surface area contributed by atoms with E-state index in [-0.39, 0.29) is 0 Å². The lowest BCUT2D eigenvalue weighted by atomic mass is 10.00. The SMILES string of the molecule is C=CCC1CCCC1NCCN(Cc1ccccc1)c1ccccn1. The van der Waals surface area contributed by atoms with E-state index in [1.165, 1.54) is 24.8 Å². The Kier molecular flexibility index (Phi) is 6.63. The highest BCUT2D eigenvalue weighted by molar-refractivity contribution is 5.39. The van der Waals surface area contributed by atoms with Crippen molar-refractivity contribution in [3.8, 4) is 0 Å². The highest BCUT2D eigenvalue weighted by atomic mass is 15.2. The molecule has 1 aromatic carbocycles. The van der Waals surface area contributed by atoms with Crippen LogP contribution in [0.1, 0.15) is 31.2 Å². The van der Waals surface area contributed by atoms with Crippen molar-refractivity contribution in [2.24, 2.45) is 5.92 Å². The Labute approximate surface area is 151 Å². The van der Waals surface area contributed by atoms with Gasteiger partial charge in [-0.3, -0.25) is 0 Å². The standard InChI is InChI=1S/C22H29N3/c1-2-9-20-12-8-13-21(20)23-16-17-25(22-14-6-7-15-24-22)18-19-10-4-3-5-11-19/h2-7,10-11,14-15,20-21,23H,1,8-9,12-13,16-18H2. The number of aromatic nitrogens is 1. The predicted molar refractivity (Wildman–Crippen MR) is 106 cm³/mol. The molecule has 1 aliphatic carbocycles. The van der Waals surface area contributed by atoms with Crippen molar-refractivity contribution >= 4 is 5.82 Å². The Morgan fingerprint density at radius 1 is 1.12 bits per heavy atom. The second-order valence-electron chi connectivity index (χ2n) is 6.87. The Bertz CT molecular complexity index is 626. The summed E-state index contributed by atoms with van der Waals surface area (Å²) in [5.41, 5.74) is 1.32. The van der Waals surface area contributed by atoms with Gasteiger partial charge in [0.1, 0.15) is 5.82 Å². The first-order chi connectivity index (χ1) is 12.4. The van der Waals surface area contributed by atoms with E-state index >= 15 is 0 Å². The number of hydrogen-bond acceptors (Lipinski definition) is 3. The third kappa shape index (κ3) is 5.17. The van der Waals surface area contributed by atoms with Gasteiger partial charge in [0.2, 0.25) is 0 Å². The molecule has 3 rings (SSSR count). The molecule has 1 heterocycles. The van der Waals surface area contributed by atoms with Crippen LogP contribution in [0.4, 0.5) is 5.82 Å². The van der Waals surface area contributed by atoms with Crippen LogP contribution in [0, 0.1) is 5.92 Å². The van der Waals surface area contributed by atoms with Gasteiger partial charge >= 0.3 is 0 Å². The lowest BCUT2D eigenvalue weighted by Crippen LogP contribution is -2.39. The zero-order valence-corrected chi connectivity index (χ0v) is 15.0. The molecule has 2 aromatic rings. The Morgan fingerprint density at radius 3 is 2.72 bits per heavy atom. The van der Waals surface area contributed by atoms with Gasteiger partial charge in [-0.05, 0) is 42.9 Å². The van der Waals surface area contributed by atoms with Gasteiger partial charge in [-0.1, -0.05) is 48.9 Å². The molecule has 0 radical (unpaired) electrons. The van der Waals surface area contributed by atoms with Crippen molar-refractivity contribution in [1.82, 2.24) is 10.3 Å². The van der Waals surface area contributed by atoms with Crippen LogP contribution in [0.25, 0.3) is 0 Å². The summed E-state index contributed by atoms with van der Waals surface area (Å²) in [6, 6.07) is 17.4. The third-order valence-corrected chi connectivity index (χ3v) is 5.11. The number of nitrogens with zero attached hydrogens (tertiary/aromatic N) is 2. The first-order valence-corrected chi connectivity index (χ1v) is 9.41. The summed E-state index contributed by atoms with van der Waals surface area (Å²) in [6.45, 7) is 6.75. The lowest BCUT2D eigenvalue weighted by molar-refractivity contribution is 0.405. The van der Waals surface area contributed by atoms with Crippen molar-refractivity contribution in [2.75, 3.05) is 18.0 Å². The van der Waals surface area contributed by atoms with E-state index in [0.717, 1.165) is 37.8 Å². The molecule has 2 atom stereocenters. The number of allylic oxidation sites excluding steroid dienone is 1. The van der Waals surface area contributed by atoms with Crippen LogP contribution in [0.15, 0.2) is 67.4 Å². The van der Waals surface area contributed by atoms with Crippen molar-refractivity contribution in [2.45, 2.75) is 38.3 Å². The molecule has 132 valence electrons. The van der Waals surface area contributed by atoms with E-state index in [1.54, 1.807) is 0 Å². The lowest BCUT2D eigenvalue weighted by Gasteiger charge is -2.26. The fourth-order valence-corrected chi connectivity index (χ4v) is 3.81. The summed E-state index contributed by atoms with van der Waals surface area (Å²) in [4.78, 5) is 6.92. The molecule has 3 nitrogen and oxygen atoms in total. The van der Waals surface area contributed by atoms with E-state index in [1.807, 2.05) is 12.3 Å². The van der Waals surface area contributed by atoms with Gasteiger partial charge in [-0.15, -0.1) is 6.58 Å². The second-order valence-corrected chi connectivity index (χ2v) is 6.87.